The number of benzene rings is 1. The predicted octanol–water partition coefficient (Wildman–Crippen LogP) is 3.21. The van der Waals surface area contributed by atoms with Gasteiger partial charge in [0.05, 0.1) is 12.0 Å². The molecular formula is C19H19F2NO4. The summed E-state index contributed by atoms with van der Waals surface area (Å²) in [6.45, 7) is 3.34. The lowest BCUT2D eigenvalue weighted by molar-refractivity contribution is -0.143. The van der Waals surface area contributed by atoms with Gasteiger partial charge in [0, 0.05) is 18.4 Å². The first-order valence-electron chi connectivity index (χ1n) is 8.39. The molecule has 1 aliphatic carbocycles. The van der Waals surface area contributed by atoms with Crippen LogP contribution in [-0.4, -0.2) is 17.9 Å². The first-order chi connectivity index (χ1) is 12.3. The summed E-state index contributed by atoms with van der Waals surface area (Å²) in [6, 6.07) is 3.25. The lowest BCUT2D eigenvalue weighted by atomic mass is 9.77. The molecule has 0 spiro atoms. The Labute approximate surface area is 149 Å². The van der Waals surface area contributed by atoms with Crippen molar-refractivity contribution in [3.05, 3.63) is 58.2 Å². The zero-order valence-corrected chi connectivity index (χ0v) is 14.5. The average Bonchev–Trinajstić information content (AvgIpc) is 2.55. The van der Waals surface area contributed by atoms with Crippen molar-refractivity contribution in [1.29, 1.82) is 0 Å². The number of nitrogens with two attached hydrogens (primary N) is 1. The fourth-order valence-corrected chi connectivity index (χ4v) is 3.26. The molecule has 138 valence electrons. The minimum Gasteiger partial charge on any atom is -0.459 e. The number of Topliss-reactive ketones (excluding diaryl/α,β-unsaturated/α-hetero) is 1. The minimum absolute atomic E-state index is 0.0706. The molecule has 0 radical (unpaired) electrons. The molecule has 2 N–H and O–H groups in total. The monoisotopic (exact) mass is 363 g/mol. The van der Waals surface area contributed by atoms with Gasteiger partial charge >= 0.3 is 5.97 Å². The molecule has 26 heavy (non-hydrogen) atoms. The SMILES string of the molecule is CC(C)OC(=O)C1=C(N)OC2=C(C(=O)CCC2)[C@@H]1c1ccc(F)c(F)c1. The number of hydrogen-bond acceptors (Lipinski definition) is 5. The van der Waals surface area contributed by atoms with Crippen LogP contribution in [0.3, 0.4) is 0 Å². The average molecular weight is 363 g/mol. The molecule has 3 rings (SSSR count). The predicted molar refractivity (Wildman–Crippen MR) is 88.5 cm³/mol. The van der Waals surface area contributed by atoms with Gasteiger partial charge in [0.2, 0.25) is 5.88 Å². The largest absolute Gasteiger partial charge is 0.459 e. The summed E-state index contributed by atoms with van der Waals surface area (Å²) in [5, 5.41) is 0. The van der Waals surface area contributed by atoms with Gasteiger partial charge in [0.15, 0.2) is 17.4 Å². The van der Waals surface area contributed by atoms with E-state index >= 15 is 0 Å². The van der Waals surface area contributed by atoms with Gasteiger partial charge in [-0.15, -0.1) is 0 Å². The number of carbonyl (C=O) groups excluding carboxylic acids is 2. The molecule has 5 nitrogen and oxygen atoms in total. The Morgan fingerprint density at radius 3 is 2.65 bits per heavy atom. The Morgan fingerprint density at radius 2 is 2.00 bits per heavy atom. The van der Waals surface area contributed by atoms with Gasteiger partial charge in [-0.05, 0) is 38.0 Å². The molecule has 7 heteroatoms. The molecule has 0 saturated heterocycles. The number of ether oxygens (including phenoxy) is 2. The molecule has 1 atom stereocenters. The molecule has 1 aliphatic heterocycles. The van der Waals surface area contributed by atoms with Crippen LogP contribution < -0.4 is 5.73 Å². The number of halogens is 2. The van der Waals surface area contributed by atoms with Crippen molar-refractivity contribution in [2.45, 2.75) is 45.1 Å². The maximum Gasteiger partial charge on any atom is 0.340 e. The second-order valence-corrected chi connectivity index (χ2v) is 6.55. The maximum absolute atomic E-state index is 13.8. The molecule has 1 aromatic carbocycles. The van der Waals surface area contributed by atoms with Crippen LogP contribution >= 0.6 is 0 Å². The van der Waals surface area contributed by atoms with Crippen molar-refractivity contribution >= 4 is 11.8 Å². The van der Waals surface area contributed by atoms with Gasteiger partial charge in [-0.25, -0.2) is 13.6 Å². The molecule has 1 heterocycles. The number of carbonyl (C=O) groups is 2. The number of rotatable bonds is 3. The van der Waals surface area contributed by atoms with Gasteiger partial charge in [-0.1, -0.05) is 6.07 Å². The lowest BCUT2D eigenvalue weighted by Gasteiger charge is -2.32. The Balaban J connectivity index is 2.16. The number of esters is 1. The molecule has 0 fully saturated rings. The van der Waals surface area contributed by atoms with Gasteiger partial charge in [-0.3, -0.25) is 4.79 Å². The second kappa shape index (κ2) is 6.90. The van der Waals surface area contributed by atoms with Crippen molar-refractivity contribution < 1.29 is 27.8 Å². The summed E-state index contributed by atoms with van der Waals surface area (Å²) in [6.07, 6.45) is 0.940. The van der Waals surface area contributed by atoms with Gasteiger partial charge in [0.1, 0.15) is 11.3 Å². The number of hydrogen-bond donors (Lipinski definition) is 1. The van der Waals surface area contributed by atoms with E-state index in [1.54, 1.807) is 13.8 Å². The molecule has 2 aliphatic rings. The van der Waals surface area contributed by atoms with E-state index in [1.807, 2.05) is 0 Å². The Kier molecular flexibility index (Phi) is 4.80. The van der Waals surface area contributed by atoms with Crippen molar-refractivity contribution in [3.8, 4) is 0 Å². The van der Waals surface area contributed by atoms with Crippen LogP contribution in [-0.2, 0) is 19.1 Å². The maximum atomic E-state index is 13.8. The standard InChI is InChI=1S/C19H19F2NO4/c1-9(2)25-19(24)17-15(10-6-7-11(20)12(21)8-10)16-13(23)4-3-5-14(16)26-18(17)22/h6-9,15H,3-5,22H2,1-2H3/t15-/m0/s1. The minimum atomic E-state index is -1.07. The van der Waals surface area contributed by atoms with Crippen LogP contribution in [0.25, 0.3) is 0 Å². The van der Waals surface area contributed by atoms with Crippen LogP contribution in [0.1, 0.15) is 44.6 Å². The van der Waals surface area contributed by atoms with Crippen LogP contribution in [0.5, 0.6) is 0 Å². The Morgan fingerprint density at radius 1 is 1.27 bits per heavy atom. The molecule has 0 aromatic heterocycles. The third kappa shape index (κ3) is 3.21. The summed E-state index contributed by atoms with van der Waals surface area (Å²) in [5.41, 5.74) is 6.38. The Bertz CT molecular complexity index is 842. The van der Waals surface area contributed by atoms with Crippen LogP contribution in [0.15, 0.2) is 41.0 Å². The molecule has 0 unspecified atom stereocenters. The summed E-state index contributed by atoms with van der Waals surface area (Å²) >= 11 is 0. The first-order valence-corrected chi connectivity index (χ1v) is 8.39. The third-order valence-corrected chi connectivity index (χ3v) is 4.32. The molecule has 0 bridgehead atoms. The zero-order chi connectivity index (χ0) is 19.0. The quantitative estimate of drug-likeness (QED) is 0.835. The molecule has 1 aromatic rings. The van der Waals surface area contributed by atoms with Crippen molar-refractivity contribution in [2.24, 2.45) is 5.73 Å². The normalized spacial score (nSPS) is 20.2. The summed E-state index contributed by atoms with van der Waals surface area (Å²) in [4.78, 5) is 25.1. The summed E-state index contributed by atoms with van der Waals surface area (Å²) < 4.78 is 37.9. The van der Waals surface area contributed by atoms with Crippen molar-refractivity contribution in [2.75, 3.05) is 0 Å². The Hall–Kier alpha value is -2.70. The van der Waals surface area contributed by atoms with Gasteiger partial charge in [0.25, 0.3) is 0 Å². The highest BCUT2D eigenvalue weighted by atomic mass is 19.2. The van der Waals surface area contributed by atoms with E-state index < -0.39 is 29.6 Å². The fourth-order valence-electron chi connectivity index (χ4n) is 3.26. The highest BCUT2D eigenvalue weighted by molar-refractivity contribution is 6.03. The topological polar surface area (TPSA) is 78.6 Å². The lowest BCUT2D eigenvalue weighted by Crippen LogP contribution is -2.32. The third-order valence-electron chi connectivity index (χ3n) is 4.32. The van der Waals surface area contributed by atoms with Gasteiger partial charge < -0.3 is 15.2 Å². The van der Waals surface area contributed by atoms with E-state index in [9.17, 15) is 18.4 Å². The van der Waals surface area contributed by atoms with E-state index in [1.165, 1.54) is 6.07 Å². The zero-order valence-electron chi connectivity index (χ0n) is 14.5. The van der Waals surface area contributed by atoms with E-state index in [-0.39, 0.29) is 34.8 Å². The number of allylic oxidation sites excluding steroid dienone is 2. The smallest absolute Gasteiger partial charge is 0.340 e. The highest BCUT2D eigenvalue weighted by Crippen LogP contribution is 2.44. The van der Waals surface area contributed by atoms with E-state index in [0.717, 1.165) is 12.1 Å². The molecular weight excluding hydrogens is 344 g/mol. The van der Waals surface area contributed by atoms with Crippen LogP contribution in [0, 0.1) is 11.6 Å². The van der Waals surface area contributed by atoms with Crippen molar-refractivity contribution in [1.82, 2.24) is 0 Å². The van der Waals surface area contributed by atoms with Gasteiger partial charge in [-0.2, -0.15) is 0 Å². The second-order valence-electron chi connectivity index (χ2n) is 6.55. The summed E-state index contributed by atoms with van der Waals surface area (Å²) in [5.74, 6) is -3.82. The van der Waals surface area contributed by atoms with E-state index in [0.29, 0.717) is 18.6 Å². The first kappa shape index (κ1) is 18.1. The number of ketones is 1. The summed E-state index contributed by atoms with van der Waals surface area (Å²) in [7, 11) is 0. The van der Waals surface area contributed by atoms with Crippen molar-refractivity contribution in [3.63, 3.8) is 0 Å². The fraction of sp³-hybridized carbons (Fsp3) is 0.368. The van der Waals surface area contributed by atoms with Crippen LogP contribution in [0.2, 0.25) is 0 Å². The highest BCUT2D eigenvalue weighted by Gasteiger charge is 2.41. The van der Waals surface area contributed by atoms with E-state index in [2.05, 4.69) is 0 Å². The van der Waals surface area contributed by atoms with Crippen LogP contribution in [0.4, 0.5) is 8.78 Å². The molecule has 0 amide bonds. The molecule has 0 saturated carbocycles. The van der Waals surface area contributed by atoms with E-state index in [4.69, 9.17) is 15.2 Å².